The number of amides is 1. The third-order valence-electron chi connectivity index (χ3n) is 4.45. The Morgan fingerprint density at radius 1 is 1.12 bits per heavy atom. The molecule has 172 valence electrons. The van der Waals surface area contributed by atoms with Gasteiger partial charge < -0.3 is 15.2 Å². The Morgan fingerprint density at radius 3 is 2.53 bits per heavy atom. The number of phenolic OH excluding ortho intramolecular Hbond substituents is 1. The summed E-state index contributed by atoms with van der Waals surface area (Å²) in [5, 5.41) is 12.4. The fourth-order valence-electron chi connectivity index (χ4n) is 2.75. The second kappa shape index (κ2) is 16.4. The lowest BCUT2D eigenvalue weighted by atomic mass is 10.1. The van der Waals surface area contributed by atoms with Gasteiger partial charge in [0.2, 0.25) is 5.91 Å². The van der Waals surface area contributed by atoms with E-state index in [9.17, 15) is 14.7 Å². The quantitative estimate of drug-likeness (QED) is 0.205. The standard InChI is InChI=1S/C18H27NO3.C9H8O/c1-14(2)8-6-4-5-7-9-18(21)19-13-15-10-11-16(20)17(12-15)22-3;10-8-4-7-9-5-2-1-3-6-9/h6,8,10-12,14,20H,4-5,7,9,13H2,1-3H3,(H,19,21);1-8H/b8-6+;7-4+. The first-order valence-electron chi connectivity index (χ1n) is 10.9. The van der Waals surface area contributed by atoms with Crippen molar-refractivity contribution < 1.29 is 19.4 Å². The molecule has 2 aromatic carbocycles. The Hall–Kier alpha value is -3.34. The summed E-state index contributed by atoms with van der Waals surface area (Å²) >= 11 is 0. The van der Waals surface area contributed by atoms with Crippen LogP contribution >= 0.6 is 0 Å². The molecule has 0 spiro atoms. The van der Waals surface area contributed by atoms with Crippen LogP contribution in [0.1, 0.15) is 50.7 Å². The summed E-state index contributed by atoms with van der Waals surface area (Å²) in [6, 6.07) is 14.8. The van der Waals surface area contributed by atoms with Crippen molar-refractivity contribution in [2.24, 2.45) is 5.92 Å². The highest BCUT2D eigenvalue weighted by molar-refractivity contribution is 5.75. The maximum atomic E-state index is 11.8. The first kappa shape index (κ1) is 26.7. The van der Waals surface area contributed by atoms with E-state index in [0.29, 0.717) is 24.6 Å². The van der Waals surface area contributed by atoms with E-state index in [1.54, 1.807) is 24.3 Å². The third kappa shape index (κ3) is 12.4. The largest absolute Gasteiger partial charge is 0.504 e. The smallest absolute Gasteiger partial charge is 0.220 e. The second-order valence-electron chi connectivity index (χ2n) is 7.61. The summed E-state index contributed by atoms with van der Waals surface area (Å²) in [5.41, 5.74) is 1.96. The van der Waals surface area contributed by atoms with Crippen molar-refractivity contribution in [3.63, 3.8) is 0 Å². The number of ether oxygens (including phenoxy) is 1. The highest BCUT2D eigenvalue weighted by Gasteiger charge is 2.05. The molecule has 2 N–H and O–H groups in total. The van der Waals surface area contributed by atoms with Gasteiger partial charge in [-0.25, -0.2) is 0 Å². The Kier molecular flexibility index (Phi) is 13.7. The van der Waals surface area contributed by atoms with Crippen LogP contribution in [0.15, 0.2) is 66.8 Å². The zero-order valence-electron chi connectivity index (χ0n) is 19.3. The van der Waals surface area contributed by atoms with Crippen molar-refractivity contribution in [3.8, 4) is 11.5 Å². The van der Waals surface area contributed by atoms with E-state index in [4.69, 9.17) is 4.74 Å². The molecule has 5 heteroatoms. The molecule has 0 bridgehead atoms. The Labute approximate surface area is 191 Å². The average molecular weight is 438 g/mol. The maximum Gasteiger partial charge on any atom is 0.220 e. The average Bonchev–Trinajstić information content (AvgIpc) is 2.80. The van der Waals surface area contributed by atoms with Gasteiger partial charge in [-0.1, -0.05) is 68.5 Å². The molecule has 0 unspecified atom stereocenters. The SMILES string of the molecule is COc1cc(CNC(=O)CCCC/C=C/C(C)C)ccc1O.O=C/C=C/c1ccccc1. The molecule has 0 aliphatic rings. The number of aromatic hydroxyl groups is 1. The molecule has 2 rings (SSSR count). The lowest BCUT2D eigenvalue weighted by Crippen LogP contribution is -2.22. The lowest BCUT2D eigenvalue weighted by Gasteiger charge is -2.08. The number of rotatable bonds is 11. The summed E-state index contributed by atoms with van der Waals surface area (Å²) in [7, 11) is 1.51. The number of carbonyl (C=O) groups is 2. The summed E-state index contributed by atoms with van der Waals surface area (Å²) in [6.45, 7) is 4.76. The summed E-state index contributed by atoms with van der Waals surface area (Å²) < 4.78 is 5.04. The zero-order chi connectivity index (χ0) is 23.6. The molecule has 32 heavy (non-hydrogen) atoms. The number of methoxy groups -OCH3 is 1. The van der Waals surface area contributed by atoms with Gasteiger partial charge >= 0.3 is 0 Å². The van der Waals surface area contributed by atoms with E-state index in [-0.39, 0.29) is 11.7 Å². The second-order valence-corrected chi connectivity index (χ2v) is 7.61. The molecule has 0 saturated heterocycles. The topological polar surface area (TPSA) is 75.6 Å². The summed E-state index contributed by atoms with van der Waals surface area (Å²) in [5.74, 6) is 1.17. The van der Waals surface area contributed by atoms with E-state index >= 15 is 0 Å². The predicted molar refractivity (Wildman–Crippen MR) is 130 cm³/mol. The van der Waals surface area contributed by atoms with Crippen LogP contribution in [-0.4, -0.2) is 24.4 Å². The van der Waals surface area contributed by atoms with E-state index < -0.39 is 0 Å². The Bertz CT molecular complexity index is 857. The zero-order valence-corrected chi connectivity index (χ0v) is 19.3. The molecule has 5 nitrogen and oxygen atoms in total. The van der Waals surface area contributed by atoms with Gasteiger partial charge in [0, 0.05) is 13.0 Å². The van der Waals surface area contributed by atoms with E-state index in [0.717, 1.165) is 36.7 Å². The number of nitrogens with one attached hydrogen (secondary N) is 1. The molecule has 0 aromatic heterocycles. The molecule has 0 aliphatic carbocycles. The van der Waals surface area contributed by atoms with Crippen molar-refractivity contribution in [2.45, 2.75) is 46.1 Å². The van der Waals surface area contributed by atoms with Crippen molar-refractivity contribution in [1.29, 1.82) is 0 Å². The molecule has 1 amide bonds. The Morgan fingerprint density at radius 2 is 1.88 bits per heavy atom. The maximum absolute atomic E-state index is 11.8. The van der Waals surface area contributed by atoms with Crippen LogP contribution in [0.4, 0.5) is 0 Å². The third-order valence-corrected chi connectivity index (χ3v) is 4.45. The first-order chi connectivity index (χ1) is 15.5. The molecule has 0 aliphatic heterocycles. The number of unbranched alkanes of at least 4 members (excludes halogenated alkanes) is 2. The monoisotopic (exact) mass is 437 g/mol. The van der Waals surface area contributed by atoms with E-state index in [1.165, 1.54) is 13.2 Å². The summed E-state index contributed by atoms with van der Waals surface area (Å²) in [4.78, 5) is 21.7. The van der Waals surface area contributed by atoms with Crippen molar-refractivity contribution in [2.75, 3.05) is 7.11 Å². The van der Waals surface area contributed by atoms with Crippen molar-refractivity contribution >= 4 is 18.3 Å². The van der Waals surface area contributed by atoms with Crippen LogP contribution in [0, 0.1) is 5.92 Å². The first-order valence-corrected chi connectivity index (χ1v) is 10.9. The minimum Gasteiger partial charge on any atom is -0.504 e. The molecule has 2 aromatic rings. The highest BCUT2D eigenvalue weighted by Crippen LogP contribution is 2.26. The molecule has 0 heterocycles. The van der Waals surface area contributed by atoms with Crippen molar-refractivity contribution in [1.82, 2.24) is 5.32 Å². The van der Waals surface area contributed by atoms with Gasteiger partial charge in [0.05, 0.1) is 7.11 Å². The van der Waals surface area contributed by atoms with E-state index in [1.807, 2.05) is 30.3 Å². The normalized spacial score (nSPS) is 10.8. The Balaban J connectivity index is 0.000000425. The lowest BCUT2D eigenvalue weighted by molar-refractivity contribution is -0.121. The molecule has 0 fully saturated rings. The number of benzene rings is 2. The molecular formula is C27H35NO4. The number of hydrogen-bond donors (Lipinski definition) is 2. The number of hydrogen-bond acceptors (Lipinski definition) is 4. The number of phenols is 1. The molecule has 0 saturated carbocycles. The van der Waals surface area contributed by atoms with Gasteiger partial charge in [0.1, 0.15) is 6.29 Å². The van der Waals surface area contributed by atoms with Crippen LogP contribution in [-0.2, 0) is 16.1 Å². The van der Waals surface area contributed by atoms with Crippen LogP contribution in [0.2, 0.25) is 0 Å². The molecule has 0 atom stereocenters. The molecule has 0 radical (unpaired) electrons. The predicted octanol–water partition coefficient (Wildman–Crippen LogP) is 5.69. The number of carbonyl (C=O) groups excluding carboxylic acids is 2. The fourth-order valence-corrected chi connectivity index (χ4v) is 2.75. The van der Waals surface area contributed by atoms with Gasteiger partial charge in [0.15, 0.2) is 11.5 Å². The fraction of sp³-hybridized carbons (Fsp3) is 0.333. The van der Waals surface area contributed by atoms with Crippen LogP contribution < -0.4 is 10.1 Å². The van der Waals surface area contributed by atoms with E-state index in [2.05, 4.69) is 31.3 Å². The summed E-state index contributed by atoms with van der Waals surface area (Å²) in [6.07, 6.45) is 11.9. The van der Waals surface area contributed by atoms with Crippen LogP contribution in [0.3, 0.4) is 0 Å². The number of aldehydes is 1. The highest BCUT2D eigenvalue weighted by atomic mass is 16.5. The van der Waals surface area contributed by atoms with Gasteiger partial charge in [-0.05, 0) is 54.5 Å². The molecular weight excluding hydrogens is 402 g/mol. The van der Waals surface area contributed by atoms with Crippen LogP contribution in [0.5, 0.6) is 11.5 Å². The van der Waals surface area contributed by atoms with Gasteiger partial charge in [-0.15, -0.1) is 0 Å². The minimum absolute atomic E-state index is 0.0554. The van der Waals surface area contributed by atoms with Crippen molar-refractivity contribution in [3.05, 3.63) is 77.9 Å². The van der Waals surface area contributed by atoms with Gasteiger partial charge in [0.25, 0.3) is 0 Å². The van der Waals surface area contributed by atoms with Crippen LogP contribution in [0.25, 0.3) is 6.08 Å². The number of allylic oxidation sites excluding steroid dienone is 3. The van der Waals surface area contributed by atoms with Gasteiger partial charge in [-0.3, -0.25) is 9.59 Å². The van der Waals surface area contributed by atoms with Gasteiger partial charge in [-0.2, -0.15) is 0 Å². The minimum atomic E-state index is 0.0554.